The van der Waals surface area contributed by atoms with Gasteiger partial charge in [0.25, 0.3) is 0 Å². The van der Waals surface area contributed by atoms with Crippen molar-refractivity contribution in [1.29, 1.82) is 0 Å². The Labute approximate surface area is 113 Å². The van der Waals surface area contributed by atoms with Gasteiger partial charge < -0.3 is 14.9 Å². The summed E-state index contributed by atoms with van der Waals surface area (Å²) in [5.74, 6) is 0.564. The number of phenolic OH excluding ortho intramolecular Hbond substituents is 2. The van der Waals surface area contributed by atoms with E-state index in [1.54, 1.807) is 24.3 Å². The Hall–Kier alpha value is -2.00. The maximum Gasteiger partial charge on any atom is 0.115 e. The number of hydrogen-bond donors (Lipinski definition) is 2. The molecule has 2 aromatic rings. The van der Waals surface area contributed by atoms with Gasteiger partial charge in [-0.1, -0.05) is 24.3 Å². The smallest absolute Gasteiger partial charge is 0.115 e. The molecule has 100 valence electrons. The maximum absolute atomic E-state index is 9.13. The fourth-order valence-electron chi connectivity index (χ4n) is 1.56. The number of aromatic hydroxyl groups is 2. The van der Waals surface area contributed by atoms with Gasteiger partial charge in [-0.25, -0.2) is 0 Å². The van der Waals surface area contributed by atoms with E-state index in [0.717, 1.165) is 24.2 Å². The monoisotopic (exact) mass is 258 g/mol. The average Bonchev–Trinajstić information content (AvgIpc) is 3.18. The highest BCUT2D eigenvalue weighted by Crippen LogP contribution is 2.16. The van der Waals surface area contributed by atoms with Crippen LogP contribution in [0.15, 0.2) is 48.5 Å². The second-order valence-electron chi connectivity index (χ2n) is 4.65. The van der Waals surface area contributed by atoms with E-state index in [9.17, 15) is 0 Å². The highest BCUT2D eigenvalue weighted by Gasteiger charge is 2.13. The number of epoxide rings is 1. The Morgan fingerprint density at radius 2 is 1.21 bits per heavy atom. The first-order valence-electron chi connectivity index (χ1n) is 6.31. The third-order valence-electron chi connectivity index (χ3n) is 2.78. The Morgan fingerprint density at radius 3 is 1.47 bits per heavy atom. The summed E-state index contributed by atoms with van der Waals surface area (Å²) in [5, 5.41) is 18.3. The number of benzene rings is 2. The molecule has 0 aliphatic carbocycles. The summed E-state index contributed by atoms with van der Waals surface area (Å²) in [4.78, 5) is 0. The molecule has 0 saturated carbocycles. The lowest BCUT2D eigenvalue weighted by Gasteiger charge is -2.02. The van der Waals surface area contributed by atoms with Crippen molar-refractivity contribution in [2.24, 2.45) is 0 Å². The molecule has 1 unspecified atom stereocenters. The van der Waals surface area contributed by atoms with Crippen LogP contribution in [0.3, 0.4) is 0 Å². The molecule has 0 aromatic heterocycles. The van der Waals surface area contributed by atoms with Gasteiger partial charge in [0.2, 0.25) is 0 Å². The number of rotatable bonds is 2. The van der Waals surface area contributed by atoms with Gasteiger partial charge >= 0.3 is 0 Å². The van der Waals surface area contributed by atoms with E-state index in [2.05, 4.69) is 6.92 Å². The zero-order valence-corrected chi connectivity index (χ0v) is 10.9. The summed E-state index contributed by atoms with van der Waals surface area (Å²) in [5.41, 5.74) is 2.27. The van der Waals surface area contributed by atoms with Crippen LogP contribution in [0.5, 0.6) is 11.5 Å². The van der Waals surface area contributed by atoms with Gasteiger partial charge in [-0.3, -0.25) is 0 Å². The molecule has 3 rings (SSSR count). The summed E-state index contributed by atoms with van der Waals surface area (Å²) in [6.45, 7) is 3.04. The van der Waals surface area contributed by atoms with Crippen molar-refractivity contribution in [3.8, 4) is 11.5 Å². The van der Waals surface area contributed by atoms with Crippen LogP contribution in [0.2, 0.25) is 0 Å². The summed E-state index contributed by atoms with van der Waals surface area (Å²) in [6.07, 6.45) is 1.39. The largest absolute Gasteiger partial charge is 0.508 e. The first-order chi connectivity index (χ1) is 9.13. The molecule has 1 saturated heterocycles. The van der Waals surface area contributed by atoms with E-state index in [-0.39, 0.29) is 11.5 Å². The number of phenols is 2. The quantitative estimate of drug-likeness (QED) is 0.814. The zero-order valence-electron chi connectivity index (χ0n) is 10.9. The van der Waals surface area contributed by atoms with Gasteiger partial charge in [0, 0.05) is 0 Å². The maximum atomic E-state index is 9.13. The molecule has 1 aliphatic heterocycles. The third-order valence-corrected chi connectivity index (χ3v) is 2.78. The molecule has 2 aromatic carbocycles. The summed E-state index contributed by atoms with van der Waals surface area (Å²) in [7, 11) is 0. The Balaban J connectivity index is 0.000000284. The van der Waals surface area contributed by atoms with Crippen molar-refractivity contribution < 1.29 is 14.9 Å². The molecule has 1 heterocycles. The van der Waals surface area contributed by atoms with Crippen molar-refractivity contribution >= 4 is 0 Å². The van der Waals surface area contributed by atoms with Crippen LogP contribution in [-0.4, -0.2) is 22.9 Å². The molecule has 1 aliphatic rings. The minimum atomic E-state index is 0.282. The first-order valence-corrected chi connectivity index (χ1v) is 6.31. The van der Waals surface area contributed by atoms with Crippen molar-refractivity contribution in [2.75, 3.05) is 6.61 Å². The van der Waals surface area contributed by atoms with Crippen molar-refractivity contribution in [3.63, 3.8) is 0 Å². The fraction of sp³-hybridized carbons (Fsp3) is 0.250. The number of ether oxygens (including phenoxy) is 1. The first kappa shape index (κ1) is 13.4. The Kier molecular flexibility index (Phi) is 4.42. The molecular formula is C16H18O3. The molecule has 1 fully saturated rings. The third kappa shape index (κ3) is 5.02. The van der Waals surface area contributed by atoms with Crippen LogP contribution in [0, 0.1) is 0 Å². The van der Waals surface area contributed by atoms with E-state index in [4.69, 9.17) is 14.9 Å². The summed E-state index contributed by atoms with van der Waals surface area (Å²) in [6, 6.07) is 14.3. The molecule has 0 amide bonds. The molecule has 3 nitrogen and oxygen atoms in total. The minimum absolute atomic E-state index is 0.282. The second kappa shape index (κ2) is 6.25. The van der Waals surface area contributed by atoms with E-state index in [1.165, 1.54) is 0 Å². The van der Waals surface area contributed by atoms with Crippen molar-refractivity contribution in [3.05, 3.63) is 59.7 Å². The normalized spacial score (nSPS) is 16.4. The Bertz CT molecular complexity index is 455. The molecule has 3 heteroatoms. The van der Waals surface area contributed by atoms with Crippen LogP contribution in [0.25, 0.3) is 0 Å². The predicted octanol–water partition coefficient (Wildman–Crippen LogP) is 3.09. The van der Waals surface area contributed by atoms with Gasteiger partial charge in [-0.2, -0.15) is 0 Å². The standard InChI is InChI=1S/C13H12O2.C3H6O/c14-12-5-1-10(2-6-12)9-11-3-7-13(15)8-4-11;1-3-2-4-3/h1-8,14-15H,9H2;3H,2H2,1H3. The molecular weight excluding hydrogens is 240 g/mol. The molecule has 0 radical (unpaired) electrons. The summed E-state index contributed by atoms with van der Waals surface area (Å²) < 4.78 is 4.71. The zero-order chi connectivity index (χ0) is 13.7. The Morgan fingerprint density at radius 1 is 0.895 bits per heavy atom. The van der Waals surface area contributed by atoms with Crippen molar-refractivity contribution in [1.82, 2.24) is 0 Å². The molecule has 0 spiro atoms. The van der Waals surface area contributed by atoms with Crippen molar-refractivity contribution in [2.45, 2.75) is 19.4 Å². The molecule has 1 atom stereocenters. The lowest BCUT2D eigenvalue weighted by Crippen LogP contribution is -1.86. The van der Waals surface area contributed by atoms with Crippen LogP contribution in [0.4, 0.5) is 0 Å². The lowest BCUT2D eigenvalue weighted by atomic mass is 10.1. The van der Waals surface area contributed by atoms with Gasteiger partial charge in [0.15, 0.2) is 0 Å². The van der Waals surface area contributed by atoms with Gasteiger partial charge in [0.05, 0.1) is 12.7 Å². The predicted molar refractivity (Wildman–Crippen MR) is 74.4 cm³/mol. The van der Waals surface area contributed by atoms with Gasteiger partial charge in [0.1, 0.15) is 11.5 Å². The second-order valence-corrected chi connectivity index (χ2v) is 4.65. The topological polar surface area (TPSA) is 53.0 Å². The molecule has 2 N–H and O–H groups in total. The fourth-order valence-corrected chi connectivity index (χ4v) is 1.56. The highest BCUT2D eigenvalue weighted by atomic mass is 16.6. The van der Waals surface area contributed by atoms with Gasteiger partial charge in [-0.15, -0.1) is 0 Å². The van der Waals surface area contributed by atoms with E-state index >= 15 is 0 Å². The van der Waals surface area contributed by atoms with Crippen LogP contribution in [-0.2, 0) is 11.2 Å². The lowest BCUT2D eigenvalue weighted by molar-refractivity contribution is 0.423. The summed E-state index contributed by atoms with van der Waals surface area (Å²) >= 11 is 0. The van der Waals surface area contributed by atoms with Crippen LogP contribution < -0.4 is 0 Å². The van der Waals surface area contributed by atoms with E-state index in [0.29, 0.717) is 6.10 Å². The number of hydrogen-bond acceptors (Lipinski definition) is 3. The molecule has 19 heavy (non-hydrogen) atoms. The van der Waals surface area contributed by atoms with Crippen LogP contribution in [0.1, 0.15) is 18.1 Å². The molecule has 0 bridgehead atoms. The average molecular weight is 258 g/mol. The van der Waals surface area contributed by atoms with Crippen LogP contribution >= 0.6 is 0 Å². The minimum Gasteiger partial charge on any atom is -0.508 e. The highest BCUT2D eigenvalue weighted by molar-refractivity contribution is 5.32. The van der Waals surface area contributed by atoms with Gasteiger partial charge in [-0.05, 0) is 48.7 Å². The van der Waals surface area contributed by atoms with E-state index in [1.807, 2.05) is 24.3 Å². The SMILES string of the molecule is CC1CO1.Oc1ccc(Cc2ccc(O)cc2)cc1. The van der Waals surface area contributed by atoms with E-state index < -0.39 is 0 Å².